The zero-order valence-electron chi connectivity index (χ0n) is 12.0. The van der Waals surface area contributed by atoms with Gasteiger partial charge in [0, 0.05) is 12.0 Å². The number of nitrogens with zero attached hydrogens (tertiary/aromatic N) is 1. The maximum absolute atomic E-state index is 9.79. The van der Waals surface area contributed by atoms with E-state index in [4.69, 9.17) is 0 Å². The molecule has 1 aromatic carbocycles. The van der Waals surface area contributed by atoms with E-state index in [0.717, 1.165) is 19.5 Å². The van der Waals surface area contributed by atoms with Crippen LogP contribution in [0.15, 0.2) is 24.3 Å². The molecule has 1 fully saturated rings. The first kappa shape index (κ1) is 13.6. The van der Waals surface area contributed by atoms with Gasteiger partial charge in [0.1, 0.15) is 0 Å². The van der Waals surface area contributed by atoms with Crippen LogP contribution in [0.1, 0.15) is 38.3 Å². The average Bonchev–Trinajstić information content (AvgIpc) is 2.71. The Balaban J connectivity index is 2.28. The molecule has 2 nitrogen and oxygen atoms in total. The molecule has 0 spiro atoms. The van der Waals surface area contributed by atoms with Crippen molar-refractivity contribution in [1.29, 1.82) is 0 Å². The monoisotopic (exact) mass is 247 g/mol. The van der Waals surface area contributed by atoms with Crippen LogP contribution in [0.3, 0.4) is 0 Å². The van der Waals surface area contributed by atoms with E-state index in [1.54, 1.807) is 0 Å². The predicted molar refractivity (Wildman–Crippen MR) is 76.0 cm³/mol. The Labute approximate surface area is 111 Å². The lowest BCUT2D eigenvalue weighted by atomic mass is 9.78. The van der Waals surface area contributed by atoms with Gasteiger partial charge >= 0.3 is 0 Å². The lowest BCUT2D eigenvalue weighted by Crippen LogP contribution is -2.33. The van der Waals surface area contributed by atoms with Crippen molar-refractivity contribution in [3.05, 3.63) is 35.4 Å². The Morgan fingerprint density at radius 3 is 2.22 bits per heavy atom. The highest BCUT2D eigenvalue weighted by Crippen LogP contribution is 2.34. The first-order valence-corrected chi connectivity index (χ1v) is 6.78. The molecule has 18 heavy (non-hydrogen) atoms. The molecule has 1 atom stereocenters. The number of hydrogen-bond acceptors (Lipinski definition) is 2. The SMILES string of the molecule is CN1CCC(CO)(c2ccc(C(C)(C)C)cc2)C1. The molecular weight excluding hydrogens is 222 g/mol. The van der Waals surface area contributed by atoms with E-state index >= 15 is 0 Å². The summed E-state index contributed by atoms with van der Waals surface area (Å²) in [6.45, 7) is 8.96. The van der Waals surface area contributed by atoms with Crippen LogP contribution in [-0.2, 0) is 10.8 Å². The van der Waals surface area contributed by atoms with Crippen LogP contribution in [0.4, 0.5) is 0 Å². The number of likely N-dealkylation sites (tertiary alicyclic amines) is 1. The van der Waals surface area contributed by atoms with Crippen LogP contribution in [0.2, 0.25) is 0 Å². The number of aliphatic hydroxyl groups excluding tert-OH is 1. The fourth-order valence-corrected chi connectivity index (χ4v) is 2.86. The third-order valence-electron chi connectivity index (χ3n) is 4.21. The van der Waals surface area contributed by atoms with Gasteiger partial charge in [-0.05, 0) is 36.6 Å². The molecule has 2 rings (SSSR count). The molecule has 0 saturated carbocycles. The van der Waals surface area contributed by atoms with E-state index in [0.29, 0.717) is 0 Å². The first-order chi connectivity index (χ1) is 8.37. The molecule has 0 aliphatic carbocycles. The third-order valence-corrected chi connectivity index (χ3v) is 4.21. The molecule has 100 valence electrons. The minimum Gasteiger partial charge on any atom is -0.395 e. The summed E-state index contributed by atoms with van der Waals surface area (Å²) in [4.78, 5) is 2.30. The van der Waals surface area contributed by atoms with Gasteiger partial charge in [-0.2, -0.15) is 0 Å². The van der Waals surface area contributed by atoms with Gasteiger partial charge in [-0.3, -0.25) is 0 Å². The van der Waals surface area contributed by atoms with Crippen LogP contribution in [0.5, 0.6) is 0 Å². The van der Waals surface area contributed by atoms with Crippen molar-refractivity contribution < 1.29 is 5.11 Å². The molecule has 1 saturated heterocycles. The summed E-state index contributed by atoms with van der Waals surface area (Å²) in [7, 11) is 2.13. The second kappa shape index (κ2) is 4.67. The van der Waals surface area contributed by atoms with Crippen LogP contribution in [-0.4, -0.2) is 36.8 Å². The number of hydrogen-bond donors (Lipinski definition) is 1. The molecule has 1 N–H and O–H groups in total. The van der Waals surface area contributed by atoms with Crippen LogP contribution < -0.4 is 0 Å². The predicted octanol–water partition coefficient (Wildman–Crippen LogP) is 2.55. The van der Waals surface area contributed by atoms with Gasteiger partial charge in [0.15, 0.2) is 0 Å². The quantitative estimate of drug-likeness (QED) is 0.868. The normalized spacial score (nSPS) is 25.6. The molecule has 0 bridgehead atoms. The highest BCUT2D eigenvalue weighted by Gasteiger charge is 2.37. The maximum atomic E-state index is 9.79. The van der Waals surface area contributed by atoms with Crippen molar-refractivity contribution in [3.8, 4) is 0 Å². The Hall–Kier alpha value is -0.860. The van der Waals surface area contributed by atoms with Gasteiger partial charge in [-0.1, -0.05) is 45.0 Å². The molecule has 1 heterocycles. The molecule has 2 heteroatoms. The lowest BCUT2D eigenvalue weighted by Gasteiger charge is -2.28. The van der Waals surface area contributed by atoms with E-state index in [9.17, 15) is 5.11 Å². The van der Waals surface area contributed by atoms with Crippen molar-refractivity contribution >= 4 is 0 Å². The molecular formula is C16H25NO. The first-order valence-electron chi connectivity index (χ1n) is 6.78. The maximum Gasteiger partial charge on any atom is 0.0540 e. The fraction of sp³-hybridized carbons (Fsp3) is 0.625. The average molecular weight is 247 g/mol. The molecule has 1 aromatic rings. The van der Waals surface area contributed by atoms with Crippen molar-refractivity contribution in [1.82, 2.24) is 4.90 Å². The molecule has 0 radical (unpaired) electrons. The summed E-state index contributed by atoms with van der Waals surface area (Å²) in [5.74, 6) is 0. The molecule has 0 amide bonds. The zero-order valence-corrected chi connectivity index (χ0v) is 12.0. The van der Waals surface area contributed by atoms with Crippen LogP contribution in [0, 0.1) is 0 Å². The second-order valence-corrected chi connectivity index (χ2v) is 6.75. The third kappa shape index (κ3) is 2.45. The van der Waals surface area contributed by atoms with Crippen molar-refractivity contribution in [2.24, 2.45) is 0 Å². The van der Waals surface area contributed by atoms with E-state index < -0.39 is 0 Å². The highest BCUT2D eigenvalue weighted by atomic mass is 16.3. The van der Waals surface area contributed by atoms with Crippen molar-refractivity contribution in [2.75, 3.05) is 26.7 Å². The van der Waals surface area contributed by atoms with Gasteiger partial charge in [0.25, 0.3) is 0 Å². The van der Waals surface area contributed by atoms with Gasteiger partial charge < -0.3 is 10.0 Å². The zero-order chi connectivity index (χ0) is 13.4. The van der Waals surface area contributed by atoms with Gasteiger partial charge in [-0.15, -0.1) is 0 Å². The fourth-order valence-electron chi connectivity index (χ4n) is 2.86. The summed E-state index contributed by atoms with van der Waals surface area (Å²) in [5.41, 5.74) is 2.77. The van der Waals surface area contributed by atoms with E-state index in [2.05, 4.69) is 57.0 Å². The van der Waals surface area contributed by atoms with E-state index in [-0.39, 0.29) is 17.4 Å². The topological polar surface area (TPSA) is 23.5 Å². The Bertz CT molecular complexity index is 404. The second-order valence-electron chi connectivity index (χ2n) is 6.75. The molecule has 0 aromatic heterocycles. The Kier molecular flexibility index (Phi) is 3.52. The Morgan fingerprint density at radius 1 is 1.22 bits per heavy atom. The van der Waals surface area contributed by atoms with Crippen molar-refractivity contribution in [3.63, 3.8) is 0 Å². The minimum atomic E-state index is -0.0504. The molecule has 1 unspecified atom stereocenters. The standard InChI is InChI=1S/C16H25NO/c1-15(2,3)13-5-7-14(8-6-13)16(12-18)9-10-17(4)11-16/h5-8,18H,9-12H2,1-4H3. The van der Waals surface area contributed by atoms with Gasteiger partial charge in [-0.25, -0.2) is 0 Å². The minimum absolute atomic E-state index is 0.0504. The van der Waals surface area contributed by atoms with E-state index in [1.807, 2.05) is 0 Å². The number of benzene rings is 1. The smallest absolute Gasteiger partial charge is 0.0540 e. The van der Waals surface area contributed by atoms with Gasteiger partial charge in [0.2, 0.25) is 0 Å². The summed E-state index contributed by atoms with van der Waals surface area (Å²) >= 11 is 0. The largest absolute Gasteiger partial charge is 0.395 e. The van der Waals surface area contributed by atoms with Crippen molar-refractivity contribution in [2.45, 2.75) is 38.0 Å². The number of likely N-dealkylation sites (N-methyl/N-ethyl adjacent to an activating group) is 1. The van der Waals surface area contributed by atoms with Crippen LogP contribution >= 0.6 is 0 Å². The summed E-state index contributed by atoms with van der Waals surface area (Å²) in [6, 6.07) is 8.84. The summed E-state index contributed by atoms with van der Waals surface area (Å²) in [6.07, 6.45) is 1.05. The summed E-state index contributed by atoms with van der Waals surface area (Å²) in [5, 5.41) is 9.79. The lowest BCUT2D eigenvalue weighted by molar-refractivity contribution is 0.195. The number of rotatable bonds is 2. The molecule has 1 aliphatic heterocycles. The van der Waals surface area contributed by atoms with E-state index in [1.165, 1.54) is 11.1 Å². The van der Waals surface area contributed by atoms with Crippen LogP contribution in [0.25, 0.3) is 0 Å². The van der Waals surface area contributed by atoms with Gasteiger partial charge in [0.05, 0.1) is 6.61 Å². The molecule has 1 aliphatic rings. The summed E-state index contributed by atoms with van der Waals surface area (Å²) < 4.78 is 0. The Morgan fingerprint density at radius 2 is 1.83 bits per heavy atom. The highest BCUT2D eigenvalue weighted by molar-refractivity contribution is 5.33. The number of aliphatic hydroxyl groups is 1.